The summed E-state index contributed by atoms with van der Waals surface area (Å²) in [7, 11) is -2.22. The molecule has 0 aliphatic heterocycles. The molecule has 0 unspecified atom stereocenters. The van der Waals surface area contributed by atoms with Gasteiger partial charge in [-0.25, -0.2) is 8.42 Å². The van der Waals surface area contributed by atoms with E-state index in [1.807, 2.05) is 0 Å². The maximum Gasteiger partial charge on any atom is 0.262 e. The van der Waals surface area contributed by atoms with Crippen LogP contribution in [0, 0.1) is 23.2 Å². The third kappa shape index (κ3) is 5.11. The van der Waals surface area contributed by atoms with E-state index in [2.05, 4.69) is 15.6 Å². The molecule has 4 bridgehead atoms. The molecule has 0 saturated heterocycles. The molecular formula is C27H31N3O5S. The van der Waals surface area contributed by atoms with Gasteiger partial charge in [-0.05, 0) is 104 Å². The number of ether oxygens (including phenoxy) is 1. The average molecular weight is 510 g/mol. The number of rotatable bonds is 7. The van der Waals surface area contributed by atoms with Crippen molar-refractivity contribution < 1.29 is 22.7 Å². The highest BCUT2D eigenvalue weighted by Crippen LogP contribution is 2.60. The smallest absolute Gasteiger partial charge is 0.262 e. The number of methoxy groups -OCH3 is 1. The number of carbonyl (C=O) groups excluding carboxylic acids is 2. The Morgan fingerprint density at radius 2 is 1.47 bits per heavy atom. The monoisotopic (exact) mass is 509 g/mol. The van der Waals surface area contributed by atoms with Gasteiger partial charge in [0, 0.05) is 11.8 Å². The molecule has 190 valence electrons. The van der Waals surface area contributed by atoms with Crippen molar-refractivity contribution in [1.82, 2.24) is 10.9 Å². The summed E-state index contributed by atoms with van der Waals surface area (Å²) in [5.41, 5.74) is 5.91. The third-order valence-corrected chi connectivity index (χ3v) is 9.18. The molecule has 36 heavy (non-hydrogen) atoms. The van der Waals surface area contributed by atoms with Crippen LogP contribution in [-0.4, -0.2) is 27.3 Å². The first-order valence-corrected chi connectivity index (χ1v) is 13.8. The quantitative estimate of drug-likeness (QED) is 0.387. The van der Waals surface area contributed by atoms with Crippen molar-refractivity contribution in [3.05, 3.63) is 60.2 Å². The summed E-state index contributed by atoms with van der Waals surface area (Å²) in [5, 5.41) is 0. The average Bonchev–Trinajstić information content (AvgIpc) is 2.85. The summed E-state index contributed by atoms with van der Waals surface area (Å²) in [6, 6.07) is 12.7. The Morgan fingerprint density at radius 1 is 0.889 bits per heavy atom. The molecule has 0 atom stereocenters. The van der Waals surface area contributed by atoms with Crippen molar-refractivity contribution in [1.29, 1.82) is 0 Å². The number of hydrogen-bond donors (Lipinski definition) is 3. The first-order valence-electron chi connectivity index (χ1n) is 12.3. The lowest BCUT2D eigenvalue weighted by Crippen LogP contribution is -2.56. The Kier molecular flexibility index (Phi) is 6.51. The molecule has 0 aromatic heterocycles. The van der Waals surface area contributed by atoms with Gasteiger partial charge in [-0.2, -0.15) is 0 Å². The second kappa shape index (κ2) is 9.61. The number of sulfonamides is 1. The second-order valence-electron chi connectivity index (χ2n) is 10.4. The molecule has 0 spiro atoms. The minimum Gasteiger partial charge on any atom is -0.497 e. The highest BCUT2D eigenvalue weighted by molar-refractivity contribution is 7.92. The van der Waals surface area contributed by atoms with E-state index < -0.39 is 15.9 Å². The van der Waals surface area contributed by atoms with Gasteiger partial charge in [0.25, 0.3) is 15.9 Å². The standard InChI is InChI=1S/C27H31N3O5S/c1-35-23-7-5-22(6-8-23)30-36(33,34)24-9-2-18(3-10-24)4-11-25(31)28-29-26(32)27-15-19-12-20(16-27)14-21(13-19)17-27/h2-11,19-21,30H,12-17H2,1H3,(H,28,31)(H,29,32)/b11-4+. The van der Waals surface area contributed by atoms with E-state index in [9.17, 15) is 18.0 Å². The molecule has 4 saturated carbocycles. The summed E-state index contributed by atoms with van der Waals surface area (Å²) in [6.45, 7) is 0. The van der Waals surface area contributed by atoms with Gasteiger partial charge >= 0.3 is 0 Å². The fraction of sp³-hybridized carbons (Fsp3) is 0.407. The number of hydrazine groups is 1. The topological polar surface area (TPSA) is 114 Å². The number of hydrogen-bond acceptors (Lipinski definition) is 5. The van der Waals surface area contributed by atoms with Crippen LogP contribution >= 0.6 is 0 Å². The van der Waals surface area contributed by atoms with E-state index in [1.165, 1.54) is 44.6 Å². The van der Waals surface area contributed by atoms with Gasteiger partial charge in [-0.1, -0.05) is 12.1 Å². The molecule has 0 radical (unpaired) electrons. The van der Waals surface area contributed by atoms with E-state index in [0.29, 0.717) is 34.8 Å². The minimum atomic E-state index is -3.76. The van der Waals surface area contributed by atoms with Gasteiger partial charge in [-0.3, -0.25) is 25.2 Å². The summed E-state index contributed by atoms with van der Waals surface area (Å²) in [4.78, 5) is 25.3. The van der Waals surface area contributed by atoms with Gasteiger partial charge < -0.3 is 4.74 Å². The molecule has 2 amide bonds. The van der Waals surface area contributed by atoms with Gasteiger partial charge in [0.1, 0.15) is 5.75 Å². The molecule has 8 nitrogen and oxygen atoms in total. The Labute approximate surface area is 211 Å². The SMILES string of the molecule is COc1ccc(NS(=O)(=O)c2ccc(/C=C/C(=O)NNC(=O)C34CC5CC(CC(C5)C3)C4)cc2)cc1. The van der Waals surface area contributed by atoms with Crippen LogP contribution < -0.4 is 20.3 Å². The van der Waals surface area contributed by atoms with Crippen LogP contribution in [0.15, 0.2) is 59.5 Å². The molecule has 2 aromatic rings. The maximum absolute atomic E-state index is 13.0. The van der Waals surface area contributed by atoms with Crippen molar-refractivity contribution in [2.24, 2.45) is 23.2 Å². The van der Waals surface area contributed by atoms with E-state index >= 15 is 0 Å². The van der Waals surface area contributed by atoms with Crippen molar-refractivity contribution in [2.75, 3.05) is 11.8 Å². The van der Waals surface area contributed by atoms with Crippen LogP contribution in [0.4, 0.5) is 5.69 Å². The molecule has 2 aromatic carbocycles. The summed E-state index contributed by atoms with van der Waals surface area (Å²) in [5.74, 6) is 2.07. The van der Waals surface area contributed by atoms with Crippen LogP contribution in [-0.2, 0) is 19.6 Å². The number of carbonyl (C=O) groups is 2. The highest BCUT2D eigenvalue weighted by Gasteiger charge is 2.54. The van der Waals surface area contributed by atoms with Gasteiger partial charge in [0.2, 0.25) is 5.91 Å². The lowest BCUT2D eigenvalue weighted by Gasteiger charge is -2.55. The normalized spacial score (nSPS) is 26.5. The third-order valence-electron chi connectivity index (χ3n) is 7.78. The Balaban J connectivity index is 1.14. The first-order chi connectivity index (χ1) is 17.2. The molecule has 4 fully saturated rings. The van der Waals surface area contributed by atoms with Gasteiger partial charge in [0.15, 0.2) is 0 Å². The fourth-order valence-electron chi connectivity index (χ4n) is 6.48. The molecule has 3 N–H and O–H groups in total. The van der Waals surface area contributed by atoms with Crippen LogP contribution in [0.5, 0.6) is 5.75 Å². The highest BCUT2D eigenvalue weighted by atomic mass is 32.2. The number of anilines is 1. The Hall–Kier alpha value is -3.33. The zero-order chi connectivity index (χ0) is 25.3. The van der Waals surface area contributed by atoms with Crippen molar-refractivity contribution in [3.8, 4) is 5.75 Å². The molecule has 4 aliphatic carbocycles. The van der Waals surface area contributed by atoms with E-state index in [0.717, 1.165) is 19.3 Å². The summed E-state index contributed by atoms with van der Waals surface area (Å²) < 4.78 is 32.9. The summed E-state index contributed by atoms with van der Waals surface area (Å²) in [6.07, 6.45) is 9.42. The fourth-order valence-corrected chi connectivity index (χ4v) is 7.54. The maximum atomic E-state index is 13.0. The number of benzene rings is 2. The number of amides is 2. The zero-order valence-corrected chi connectivity index (χ0v) is 21.0. The first kappa shape index (κ1) is 24.4. The van der Waals surface area contributed by atoms with Crippen LogP contribution in [0.1, 0.15) is 44.1 Å². The van der Waals surface area contributed by atoms with E-state index in [-0.39, 0.29) is 16.2 Å². The van der Waals surface area contributed by atoms with Crippen LogP contribution in [0.3, 0.4) is 0 Å². The minimum absolute atomic E-state index is 0.0673. The molecule has 6 rings (SSSR count). The zero-order valence-electron chi connectivity index (χ0n) is 20.2. The second-order valence-corrected chi connectivity index (χ2v) is 12.1. The molecule has 4 aliphatic rings. The lowest BCUT2D eigenvalue weighted by atomic mass is 9.49. The molecular weight excluding hydrogens is 478 g/mol. The molecule has 0 heterocycles. The molecule has 9 heteroatoms. The van der Waals surface area contributed by atoms with Gasteiger partial charge in [0.05, 0.1) is 17.4 Å². The van der Waals surface area contributed by atoms with E-state index in [4.69, 9.17) is 4.74 Å². The predicted octanol–water partition coefficient (Wildman–Crippen LogP) is 3.87. The predicted molar refractivity (Wildman–Crippen MR) is 136 cm³/mol. The van der Waals surface area contributed by atoms with Crippen molar-refractivity contribution in [3.63, 3.8) is 0 Å². The van der Waals surface area contributed by atoms with Crippen LogP contribution in [0.2, 0.25) is 0 Å². The Bertz CT molecular complexity index is 1230. The van der Waals surface area contributed by atoms with Gasteiger partial charge in [-0.15, -0.1) is 0 Å². The Morgan fingerprint density at radius 3 is 2.03 bits per heavy atom. The summed E-state index contributed by atoms with van der Waals surface area (Å²) >= 11 is 0. The lowest BCUT2D eigenvalue weighted by molar-refractivity contribution is -0.148. The van der Waals surface area contributed by atoms with Crippen LogP contribution in [0.25, 0.3) is 6.08 Å². The number of nitrogens with one attached hydrogen (secondary N) is 3. The van der Waals surface area contributed by atoms with Crippen molar-refractivity contribution in [2.45, 2.75) is 43.4 Å². The van der Waals surface area contributed by atoms with Crippen molar-refractivity contribution >= 4 is 33.6 Å². The largest absolute Gasteiger partial charge is 0.497 e. The van der Waals surface area contributed by atoms with E-state index in [1.54, 1.807) is 42.5 Å².